The molecule has 0 saturated carbocycles. The fourth-order valence-electron chi connectivity index (χ4n) is 1.56. The Hall–Kier alpha value is -0.0200. The predicted octanol–water partition coefficient (Wildman–Crippen LogP) is 3.11. The summed E-state index contributed by atoms with van der Waals surface area (Å²) >= 11 is 7.00. The van der Waals surface area contributed by atoms with Crippen LogP contribution >= 0.6 is 24.0 Å². The SMILES string of the molecule is CCCNC1=C(C(=S)SC)CCC1. The molecule has 1 nitrogen and oxygen atoms in total. The summed E-state index contributed by atoms with van der Waals surface area (Å²) in [4.78, 5) is 0. The Morgan fingerprint density at radius 1 is 1.54 bits per heavy atom. The fourth-order valence-corrected chi connectivity index (χ4v) is 2.26. The molecule has 0 aromatic carbocycles. The molecule has 0 aliphatic heterocycles. The Morgan fingerprint density at radius 3 is 2.92 bits per heavy atom. The lowest BCUT2D eigenvalue weighted by Crippen LogP contribution is -2.15. The zero-order valence-electron chi connectivity index (χ0n) is 8.35. The lowest BCUT2D eigenvalue weighted by Gasteiger charge is -2.09. The number of hydrogen-bond donors (Lipinski definition) is 1. The first-order valence-electron chi connectivity index (χ1n) is 4.83. The lowest BCUT2D eigenvalue weighted by atomic mass is 10.2. The molecular formula is C10H17NS2. The van der Waals surface area contributed by atoms with Gasteiger partial charge in [0.2, 0.25) is 0 Å². The normalized spacial score (nSPS) is 16.5. The van der Waals surface area contributed by atoms with E-state index in [9.17, 15) is 0 Å². The van der Waals surface area contributed by atoms with Gasteiger partial charge in [-0.15, -0.1) is 11.8 Å². The maximum Gasteiger partial charge on any atom is 0.0752 e. The van der Waals surface area contributed by atoms with Crippen molar-refractivity contribution in [1.29, 1.82) is 0 Å². The molecular weight excluding hydrogens is 198 g/mol. The van der Waals surface area contributed by atoms with Gasteiger partial charge >= 0.3 is 0 Å². The van der Waals surface area contributed by atoms with Gasteiger partial charge in [0.05, 0.1) is 4.20 Å². The molecule has 0 heterocycles. The highest BCUT2D eigenvalue weighted by atomic mass is 32.2. The second-order valence-corrected chi connectivity index (χ2v) is 4.71. The summed E-state index contributed by atoms with van der Waals surface area (Å²) in [5.74, 6) is 0. The van der Waals surface area contributed by atoms with Crippen molar-refractivity contribution in [2.45, 2.75) is 32.6 Å². The van der Waals surface area contributed by atoms with E-state index in [1.165, 1.54) is 37.0 Å². The van der Waals surface area contributed by atoms with Crippen LogP contribution in [0.3, 0.4) is 0 Å². The second-order valence-electron chi connectivity index (χ2n) is 3.23. The van der Waals surface area contributed by atoms with E-state index in [1.807, 2.05) is 0 Å². The lowest BCUT2D eigenvalue weighted by molar-refractivity contribution is 0.736. The summed E-state index contributed by atoms with van der Waals surface area (Å²) in [5, 5.41) is 3.48. The smallest absolute Gasteiger partial charge is 0.0752 e. The van der Waals surface area contributed by atoms with E-state index < -0.39 is 0 Å². The quantitative estimate of drug-likeness (QED) is 0.724. The molecule has 1 N–H and O–H groups in total. The Bertz CT molecular complexity index is 221. The van der Waals surface area contributed by atoms with Crippen LogP contribution in [-0.4, -0.2) is 17.0 Å². The van der Waals surface area contributed by atoms with Gasteiger partial charge < -0.3 is 5.32 Å². The first-order chi connectivity index (χ1) is 6.29. The molecule has 0 bridgehead atoms. The summed E-state index contributed by atoms with van der Waals surface area (Å²) < 4.78 is 1.08. The summed E-state index contributed by atoms with van der Waals surface area (Å²) in [7, 11) is 0. The number of thioether (sulfide) groups is 1. The molecule has 0 aromatic heterocycles. The molecule has 1 rings (SSSR count). The van der Waals surface area contributed by atoms with Gasteiger partial charge in [-0.1, -0.05) is 19.1 Å². The van der Waals surface area contributed by atoms with Crippen LogP contribution in [0.2, 0.25) is 0 Å². The Labute approximate surface area is 90.4 Å². The van der Waals surface area contributed by atoms with E-state index in [4.69, 9.17) is 12.2 Å². The maximum absolute atomic E-state index is 5.31. The minimum absolute atomic E-state index is 1.08. The van der Waals surface area contributed by atoms with Crippen molar-refractivity contribution in [1.82, 2.24) is 5.32 Å². The van der Waals surface area contributed by atoms with Crippen molar-refractivity contribution < 1.29 is 0 Å². The Balaban J connectivity index is 2.60. The van der Waals surface area contributed by atoms with Gasteiger partial charge in [-0.25, -0.2) is 0 Å². The van der Waals surface area contributed by atoms with Gasteiger partial charge in [0.25, 0.3) is 0 Å². The molecule has 1 aliphatic rings. The molecule has 0 radical (unpaired) electrons. The van der Waals surface area contributed by atoms with Crippen LogP contribution in [-0.2, 0) is 0 Å². The van der Waals surface area contributed by atoms with E-state index in [0.717, 1.165) is 10.7 Å². The standard InChI is InChI=1S/C10H17NS2/c1-3-7-11-9-6-4-5-8(9)10(12)13-2/h11H,3-7H2,1-2H3. The third-order valence-corrected chi connectivity index (χ3v) is 3.60. The van der Waals surface area contributed by atoms with E-state index in [2.05, 4.69) is 18.5 Å². The fraction of sp³-hybridized carbons (Fsp3) is 0.700. The largest absolute Gasteiger partial charge is 0.388 e. The van der Waals surface area contributed by atoms with E-state index in [-0.39, 0.29) is 0 Å². The molecule has 13 heavy (non-hydrogen) atoms. The molecule has 1 aliphatic carbocycles. The molecule has 0 unspecified atom stereocenters. The van der Waals surface area contributed by atoms with E-state index in [0.29, 0.717) is 0 Å². The van der Waals surface area contributed by atoms with Crippen LogP contribution in [0.15, 0.2) is 11.3 Å². The highest BCUT2D eigenvalue weighted by molar-refractivity contribution is 8.23. The minimum Gasteiger partial charge on any atom is -0.388 e. The molecule has 0 amide bonds. The van der Waals surface area contributed by atoms with Gasteiger partial charge in [0.15, 0.2) is 0 Å². The Morgan fingerprint density at radius 2 is 2.31 bits per heavy atom. The van der Waals surface area contributed by atoms with Gasteiger partial charge in [-0.05, 0) is 37.5 Å². The molecule has 3 heteroatoms. The second kappa shape index (κ2) is 5.66. The third kappa shape index (κ3) is 2.99. The van der Waals surface area contributed by atoms with Crippen LogP contribution in [0.5, 0.6) is 0 Å². The summed E-state index contributed by atoms with van der Waals surface area (Å²) in [6.07, 6.45) is 6.87. The predicted molar refractivity (Wildman–Crippen MR) is 65.3 cm³/mol. The molecule has 0 aromatic rings. The van der Waals surface area contributed by atoms with Crippen molar-refractivity contribution >= 4 is 28.2 Å². The number of allylic oxidation sites excluding steroid dienone is 1. The van der Waals surface area contributed by atoms with Crippen LogP contribution in [0.25, 0.3) is 0 Å². The minimum atomic E-state index is 1.08. The molecule has 74 valence electrons. The maximum atomic E-state index is 5.31. The van der Waals surface area contributed by atoms with Crippen molar-refractivity contribution in [2.75, 3.05) is 12.8 Å². The van der Waals surface area contributed by atoms with Crippen molar-refractivity contribution in [3.63, 3.8) is 0 Å². The van der Waals surface area contributed by atoms with Gasteiger partial charge in [-0.2, -0.15) is 0 Å². The zero-order valence-corrected chi connectivity index (χ0v) is 9.99. The van der Waals surface area contributed by atoms with E-state index >= 15 is 0 Å². The summed E-state index contributed by atoms with van der Waals surface area (Å²) in [6.45, 7) is 3.27. The average Bonchev–Trinajstić information content (AvgIpc) is 2.61. The number of rotatable bonds is 4. The Kier molecular flexibility index (Phi) is 4.81. The first kappa shape index (κ1) is 11.1. The molecule has 0 spiro atoms. The van der Waals surface area contributed by atoms with Crippen molar-refractivity contribution in [2.24, 2.45) is 0 Å². The monoisotopic (exact) mass is 215 g/mol. The topological polar surface area (TPSA) is 12.0 Å². The van der Waals surface area contributed by atoms with Gasteiger partial charge in [0.1, 0.15) is 0 Å². The molecule has 0 fully saturated rings. The van der Waals surface area contributed by atoms with Crippen LogP contribution in [0.4, 0.5) is 0 Å². The zero-order chi connectivity index (χ0) is 9.68. The first-order valence-corrected chi connectivity index (χ1v) is 6.47. The van der Waals surface area contributed by atoms with Crippen LogP contribution in [0.1, 0.15) is 32.6 Å². The number of hydrogen-bond acceptors (Lipinski definition) is 3. The van der Waals surface area contributed by atoms with Crippen molar-refractivity contribution in [3.8, 4) is 0 Å². The number of nitrogens with one attached hydrogen (secondary N) is 1. The highest BCUT2D eigenvalue weighted by Crippen LogP contribution is 2.28. The van der Waals surface area contributed by atoms with Gasteiger partial charge in [-0.3, -0.25) is 0 Å². The molecule has 0 saturated heterocycles. The number of thiocarbonyl (C=S) groups is 1. The summed E-state index contributed by atoms with van der Waals surface area (Å²) in [6, 6.07) is 0. The van der Waals surface area contributed by atoms with E-state index in [1.54, 1.807) is 11.8 Å². The summed E-state index contributed by atoms with van der Waals surface area (Å²) in [5.41, 5.74) is 2.80. The third-order valence-electron chi connectivity index (χ3n) is 2.24. The average molecular weight is 215 g/mol. The highest BCUT2D eigenvalue weighted by Gasteiger charge is 2.16. The van der Waals surface area contributed by atoms with Crippen molar-refractivity contribution in [3.05, 3.63) is 11.3 Å². The van der Waals surface area contributed by atoms with Crippen LogP contribution in [0, 0.1) is 0 Å². The van der Waals surface area contributed by atoms with Crippen LogP contribution < -0.4 is 5.32 Å². The molecule has 0 atom stereocenters. The van der Waals surface area contributed by atoms with Gasteiger partial charge in [0, 0.05) is 12.2 Å².